The lowest BCUT2D eigenvalue weighted by molar-refractivity contribution is -0.0654. The van der Waals surface area contributed by atoms with E-state index >= 15 is 0 Å². The maximum atomic E-state index is 10.1. The number of fused-ring (bicyclic) bond motifs is 1. The lowest BCUT2D eigenvalue weighted by atomic mass is 9.57. The third-order valence-corrected chi connectivity index (χ3v) is 4.66. The quantitative estimate of drug-likeness (QED) is 0.630. The molecule has 2 aliphatic carbocycles. The second kappa shape index (κ2) is 3.23. The molecule has 1 heteroatoms. The second-order valence-corrected chi connectivity index (χ2v) is 6.49. The van der Waals surface area contributed by atoms with Gasteiger partial charge in [0.25, 0.3) is 0 Å². The van der Waals surface area contributed by atoms with Gasteiger partial charge in [-0.3, -0.25) is 0 Å². The van der Waals surface area contributed by atoms with Crippen LogP contribution in [0.25, 0.3) is 0 Å². The number of hydrogen-bond donors (Lipinski definition) is 1. The molecule has 0 unspecified atom stereocenters. The highest BCUT2D eigenvalue weighted by Crippen LogP contribution is 2.52. The van der Waals surface area contributed by atoms with Gasteiger partial charge in [-0.2, -0.15) is 0 Å². The van der Waals surface area contributed by atoms with Gasteiger partial charge in [-0.15, -0.1) is 0 Å². The maximum absolute atomic E-state index is 10.1. The predicted octanol–water partition coefficient (Wildman–Crippen LogP) is 3.36. The minimum absolute atomic E-state index is 0.366. The summed E-state index contributed by atoms with van der Waals surface area (Å²) in [6.07, 6.45) is 7.40. The first-order valence-electron chi connectivity index (χ1n) is 6.13. The van der Waals surface area contributed by atoms with Gasteiger partial charge in [0.2, 0.25) is 0 Å². The molecule has 0 spiro atoms. The zero-order valence-electron chi connectivity index (χ0n) is 9.84. The molecule has 2 fully saturated rings. The summed E-state index contributed by atoms with van der Waals surface area (Å²) in [5, 5.41) is 10.1. The van der Waals surface area contributed by atoms with E-state index in [2.05, 4.69) is 13.8 Å². The molecule has 2 saturated carbocycles. The average molecular weight is 196 g/mol. The van der Waals surface area contributed by atoms with E-state index in [1.165, 1.54) is 25.7 Å². The van der Waals surface area contributed by atoms with Gasteiger partial charge >= 0.3 is 0 Å². The largest absolute Gasteiger partial charge is 0.390 e. The minimum atomic E-state index is -0.366. The van der Waals surface area contributed by atoms with Crippen molar-refractivity contribution in [2.75, 3.05) is 0 Å². The van der Waals surface area contributed by atoms with Gasteiger partial charge < -0.3 is 5.11 Å². The number of aliphatic hydroxyl groups is 1. The van der Waals surface area contributed by atoms with Crippen molar-refractivity contribution in [2.24, 2.45) is 17.3 Å². The standard InChI is InChI=1S/C13H24O/c1-12(2)7-4-5-10-9-13(3,14)8-6-11(10)12/h10-11,14H,4-9H2,1-3H3/t10-,11+,13+/m1/s1. The summed E-state index contributed by atoms with van der Waals surface area (Å²) in [4.78, 5) is 0. The zero-order chi connectivity index (χ0) is 10.4. The van der Waals surface area contributed by atoms with Crippen molar-refractivity contribution in [3.8, 4) is 0 Å². The Balaban J connectivity index is 2.11. The van der Waals surface area contributed by atoms with Crippen LogP contribution in [0.3, 0.4) is 0 Å². The van der Waals surface area contributed by atoms with Gasteiger partial charge in [0.15, 0.2) is 0 Å². The first kappa shape index (κ1) is 10.5. The minimum Gasteiger partial charge on any atom is -0.390 e. The van der Waals surface area contributed by atoms with Crippen LogP contribution in [0.15, 0.2) is 0 Å². The highest BCUT2D eigenvalue weighted by molar-refractivity contribution is 4.95. The fourth-order valence-corrected chi connectivity index (χ4v) is 3.85. The van der Waals surface area contributed by atoms with Crippen molar-refractivity contribution >= 4 is 0 Å². The van der Waals surface area contributed by atoms with Crippen molar-refractivity contribution < 1.29 is 5.11 Å². The zero-order valence-corrected chi connectivity index (χ0v) is 9.84. The lowest BCUT2D eigenvalue weighted by Gasteiger charge is -2.50. The van der Waals surface area contributed by atoms with Crippen LogP contribution in [0.2, 0.25) is 0 Å². The second-order valence-electron chi connectivity index (χ2n) is 6.49. The molecule has 0 heterocycles. The Morgan fingerprint density at radius 3 is 2.50 bits per heavy atom. The van der Waals surface area contributed by atoms with Gasteiger partial charge in [0.05, 0.1) is 5.60 Å². The van der Waals surface area contributed by atoms with Gasteiger partial charge in [-0.1, -0.05) is 26.7 Å². The molecule has 1 nitrogen and oxygen atoms in total. The van der Waals surface area contributed by atoms with E-state index in [1.54, 1.807) is 0 Å². The Morgan fingerprint density at radius 1 is 1.07 bits per heavy atom. The summed E-state index contributed by atoms with van der Waals surface area (Å²) in [6, 6.07) is 0. The van der Waals surface area contributed by atoms with Crippen molar-refractivity contribution in [2.45, 2.75) is 64.9 Å². The third kappa shape index (κ3) is 1.84. The highest BCUT2D eigenvalue weighted by Gasteiger charge is 2.44. The first-order chi connectivity index (χ1) is 6.41. The summed E-state index contributed by atoms with van der Waals surface area (Å²) in [7, 11) is 0. The molecule has 0 aromatic rings. The van der Waals surface area contributed by atoms with Crippen LogP contribution in [-0.4, -0.2) is 10.7 Å². The molecule has 2 rings (SSSR count). The Kier molecular flexibility index (Phi) is 2.42. The summed E-state index contributed by atoms with van der Waals surface area (Å²) < 4.78 is 0. The molecule has 0 radical (unpaired) electrons. The van der Waals surface area contributed by atoms with E-state index in [1.807, 2.05) is 6.92 Å². The fraction of sp³-hybridized carbons (Fsp3) is 1.00. The van der Waals surface area contributed by atoms with Gasteiger partial charge in [-0.05, 0) is 49.9 Å². The maximum Gasteiger partial charge on any atom is 0.0622 e. The fourth-order valence-electron chi connectivity index (χ4n) is 3.85. The summed E-state index contributed by atoms with van der Waals surface area (Å²) in [5.41, 5.74) is 0.161. The SMILES string of the molecule is CC1(C)CCC[C@@H]2C[C@@](C)(O)CC[C@@H]21. The number of rotatable bonds is 0. The Morgan fingerprint density at radius 2 is 1.79 bits per heavy atom. The van der Waals surface area contributed by atoms with Crippen LogP contribution < -0.4 is 0 Å². The van der Waals surface area contributed by atoms with Gasteiger partial charge in [-0.25, -0.2) is 0 Å². The first-order valence-corrected chi connectivity index (χ1v) is 6.13. The average Bonchev–Trinajstić information content (AvgIpc) is 2.00. The summed E-state index contributed by atoms with van der Waals surface area (Å²) in [5.74, 6) is 1.67. The van der Waals surface area contributed by atoms with Crippen LogP contribution >= 0.6 is 0 Å². The van der Waals surface area contributed by atoms with Crippen LogP contribution in [0, 0.1) is 17.3 Å². The lowest BCUT2D eigenvalue weighted by Crippen LogP contribution is -2.44. The topological polar surface area (TPSA) is 20.2 Å². The molecule has 0 aromatic heterocycles. The highest BCUT2D eigenvalue weighted by atomic mass is 16.3. The van der Waals surface area contributed by atoms with E-state index in [9.17, 15) is 5.11 Å². The van der Waals surface area contributed by atoms with Crippen molar-refractivity contribution in [1.82, 2.24) is 0 Å². The van der Waals surface area contributed by atoms with E-state index in [4.69, 9.17) is 0 Å². The summed E-state index contributed by atoms with van der Waals surface area (Å²) >= 11 is 0. The smallest absolute Gasteiger partial charge is 0.0622 e. The molecule has 0 aliphatic heterocycles. The Hall–Kier alpha value is -0.0400. The molecule has 82 valence electrons. The summed E-state index contributed by atoms with van der Waals surface area (Å²) in [6.45, 7) is 6.86. The molecule has 2 aliphatic rings. The van der Waals surface area contributed by atoms with Crippen LogP contribution in [0.4, 0.5) is 0 Å². The van der Waals surface area contributed by atoms with Crippen LogP contribution in [0.1, 0.15) is 59.3 Å². The van der Waals surface area contributed by atoms with E-state index < -0.39 is 0 Å². The molecule has 0 saturated heterocycles. The van der Waals surface area contributed by atoms with Crippen LogP contribution in [-0.2, 0) is 0 Å². The van der Waals surface area contributed by atoms with Crippen molar-refractivity contribution in [3.05, 3.63) is 0 Å². The van der Waals surface area contributed by atoms with Crippen molar-refractivity contribution in [3.63, 3.8) is 0 Å². The molecule has 3 atom stereocenters. The Labute approximate surface area is 87.9 Å². The van der Waals surface area contributed by atoms with E-state index in [0.29, 0.717) is 5.41 Å². The van der Waals surface area contributed by atoms with Gasteiger partial charge in [0.1, 0.15) is 0 Å². The monoisotopic (exact) mass is 196 g/mol. The Bertz CT molecular complexity index is 217. The molecule has 1 N–H and O–H groups in total. The number of hydrogen-bond acceptors (Lipinski definition) is 1. The van der Waals surface area contributed by atoms with Crippen molar-refractivity contribution in [1.29, 1.82) is 0 Å². The van der Waals surface area contributed by atoms with E-state index in [0.717, 1.165) is 24.7 Å². The van der Waals surface area contributed by atoms with Crippen LogP contribution in [0.5, 0.6) is 0 Å². The molecular weight excluding hydrogens is 172 g/mol. The van der Waals surface area contributed by atoms with E-state index in [-0.39, 0.29) is 5.60 Å². The predicted molar refractivity (Wildman–Crippen MR) is 59.1 cm³/mol. The van der Waals surface area contributed by atoms with Gasteiger partial charge in [0, 0.05) is 0 Å². The third-order valence-electron chi connectivity index (χ3n) is 4.66. The molecule has 14 heavy (non-hydrogen) atoms. The molecular formula is C13H24O. The molecule has 0 aromatic carbocycles. The normalized spacial score (nSPS) is 47.1. The molecule has 0 bridgehead atoms. The molecule has 0 amide bonds.